The van der Waals surface area contributed by atoms with E-state index in [1.165, 1.54) is 57.8 Å². The Labute approximate surface area is 102 Å². The predicted octanol–water partition coefficient (Wildman–Crippen LogP) is 3.88. The minimum absolute atomic E-state index is 0.832. The molecule has 0 aromatic carbocycles. The van der Waals surface area contributed by atoms with Crippen LogP contribution in [-0.4, -0.2) is 19.8 Å². The van der Waals surface area contributed by atoms with Crippen LogP contribution in [0, 0.1) is 0 Å². The van der Waals surface area contributed by atoms with Gasteiger partial charge in [0, 0.05) is 13.2 Å². The molecule has 0 rings (SSSR count). The molecular formula is C14H31NO. The molecule has 0 amide bonds. The van der Waals surface area contributed by atoms with Crippen LogP contribution in [0.25, 0.3) is 0 Å². The average Bonchev–Trinajstić information content (AvgIpc) is 2.31. The highest BCUT2D eigenvalue weighted by molar-refractivity contribution is 4.45. The van der Waals surface area contributed by atoms with Crippen molar-refractivity contribution in [3.8, 4) is 0 Å². The minimum Gasteiger partial charge on any atom is -0.381 e. The molecule has 16 heavy (non-hydrogen) atoms. The van der Waals surface area contributed by atoms with Crippen LogP contribution in [0.15, 0.2) is 0 Å². The zero-order valence-corrected chi connectivity index (χ0v) is 11.2. The first-order valence-electron chi connectivity index (χ1n) is 7.19. The molecule has 0 radical (unpaired) electrons. The zero-order valence-electron chi connectivity index (χ0n) is 11.2. The highest BCUT2D eigenvalue weighted by Gasteiger charge is 1.92. The summed E-state index contributed by atoms with van der Waals surface area (Å²) in [7, 11) is 0. The maximum absolute atomic E-state index is 5.59. The Bertz CT molecular complexity index is 103. The van der Waals surface area contributed by atoms with Gasteiger partial charge in [0.2, 0.25) is 0 Å². The fraction of sp³-hybridized carbons (Fsp3) is 1.00. The van der Waals surface area contributed by atoms with Gasteiger partial charge in [-0.2, -0.15) is 0 Å². The van der Waals surface area contributed by atoms with Gasteiger partial charge in [-0.15, -0.1) is 0 Å². The fourth-order valence-electron chi connectivity index (χ4n) is 1.79. The van der Waals surface area contributed by atoms with Crippen LogP contribution >= 0.6 is 0 Å². The molecule has 0 spiro atoms. The van der Waals surface area contributed by atoms with Gasteiger partial charge in [-0.05, 0) is 25.8 Å². The molecule has 0 aliphatic heterocycles. The molecule has 0 aromatic rings. The Hall–Kier alpha value is -0.0800. The zero-order chi connectivity index (χ0) is 11.9. The summed E-state index contributed by atoms with van der Waals surface area (Å²) in [5.41, 5.74) is 5.43. The smallest absolute Gasteiger partial charge is 0.0466 e. The summed E-state index contributed by atoms with van der Waals surface area (Å²) in [5.74, 6) is 0. The molecule has 0 saturated heterocycles. The lowest BCUT2D eigenvalue weighted by Gasteiger charge is -2.04. The van der Waals surface area contributed by atoms with E-state index in [0.717, 1.165) is 26.2 Å². The van der Waals surface area contributed by atoms with Crippen LogP contribution in [-0.2, 0) is 4.74 Å². The molecule has 2 heteroatoms. The molecule has 0 atom stereocenters. The summed E-state index contributed by atoms with van der Waals surface area (Å²) in [6.07, 6.45) is 13.0. The molecule has 0 saturated carbocycles. The number of nitrogens with two attached hydrogens (primary N) is 1. The summed E-state index contributed by atoms with van der Waals surface area (Å²) in [4.78, 5) is 0. The lowest BCUT2D eigenvalue weighted by atomic mass is 10.1. The van der Waals surface area contributed by atoms with Crippen LogP contribution in [0.1, 0.15) is 71.1 Å². The summed E-state index contributed by atoms with van der Waals surface area (Å²) < 4.78 is 5.59. The average molecular weight is 229 g/mol. The van der Waals surface area contributed by atoms with Gasteiger partial charge in [-0.1, -0.05) is 51.9 Å². The summed E-state index contributed by atoms with van der Waals surface area (Å²) in [6, 6.07) is 0. The second-order valence-electron chi connectivity index (χ2n) is 4.58. The molecule has 2 N–H and O–H groups in total. The van der Waals surface area contributed by atoms with Crippen molar-refractivity contribution in [3.63, 3.8) is 0 Å². The maximum atomic E-state index is 5.59. The second kappa shape index (κ2) is 14.9. The number of rotatable bonds is 13. The first-order chi connectivity index (χ1) is 7.91. The van der Waals surface area contributed by atoms with Gasteiger partial charge < -0.3 is 10.5 Å². The van der Waals surface area contributed by atoms with Crippen LogP contribution in [0.5, 0.6) is 0 Å². The Morgan fingerprint density at radius 1 is 0.688 bits per heavy atom. The van der Waals surface area contributed by atoms with Crippen LogP contribution in [0.3, 0.4) is 0 Å². The van der Waals surface area contributed by atoms with E-state index in [4.69, 9.17) is 10.5 Å². The molecule has 0 heterocycles. The molecular weight excluding hydrogens is 198 g/mol. The topological polar surface area (TPSA) is 35.2 Å². The van der Waals surface area contributed by atoms with E-state index < -0.39 is 0 Å². The molecule has 0 unspecified atom stereocenters. The van der Waals surface area contributed by atoms with Crippen LogP contribution in [0.4, 0.5) is 0 Å². The standard InChI is InChI=1S/C14H31NO/c1-2-3-4-5-7-10-13-16-14-11-8-6-9-12-15/h2-15H2,1H3. The second-order valence-corrected chi connectivity index (χ2v) is 4.58. The Kier molecular flexibility index (Phi) is 14.8. The van der Waals surface area contributed by atoms with Crippen molar-refractivity contribution >= 4 is 0 Å². The predicted molar refractivity (Wildman–Crippen MR) is 71.7 cm³/mol. The van der Waals surface area contributed by atoms with Crippen molar-refractivity contribution in [2.75, 3.05) is 19.8 Å². The first kappa shape index (κ1) is 15.9. The van der Waals surface area contributed by atoms with E-state index in [1.807, 2.05) is 0 Å². The SMILES string of the molecule is CCCCCCCCOCCCCCCN. The van der Waals surface area contributed by atoms with Gasteiger partial charge in [-0.25, -0.2) is 0 Å². The summed E-state index contributed by atoms with van der Waals surface area (Å²) in [5, 5.41) is 0. The lowest BCUT2D eigenvalue weighted by Crippen LogP contribution is -2.00. The Morgan fingerprint density at radius 2 is 1.19 bits per heavy atom. The Morgan fingerprint density at radius 3 is 1.75 bits per heavy atom. The van der Waals surface area contributed by atoms with Crippen molar-refractivity contribution in [2.45, 2.75) is 71.1 Å². The van der Waals surface area contributed by atoms with E-state index >= 15 is 0 Å². The lowest BCUT2D eigenvalue weighted by molar-refractivity contribution is 0.125. The quantitative estimate of drug-likeness (QED) is 0.486. The van der Waals surface area contributed by atoms with Gasteiger partial charge in [0.25, 0.3) is 0 Å². The normalized spacial score (nSPS) is 10.9. The molecule has 0 aromatic heterocycles. The van der Waals surface area contributed by atoms with Gasteiger partial charge in [0.15, 0.2) is 0 Å². The van der Waals surface area contributed by atoms with Crippen molar-refractivity contribution in [3.05, 3.63) is 0 Å². The molecule has 0 aliphatic rings. The largest absolute Gasteiger partial charge is 0.381 e. The van der Waals surface area contributed by atoms with Crippen molar-refractivity contribution in [1.82, 2.24) is 0 Å². The van der Waals surface area contributed by atoms with Gasteiger partial charge in [-0.3, -0.25) is 0 Å². The minimum atomic E-state index is 0.832. The Balaban J connectivity index is 2.83. The van der Waals surface area contributed by atoms with E-state index in [-0.39, 0.29) is 0 Å². The number of hydrogen-bond donors (Lipinski definition) is 1. The molecule has 0 fully saturated rings. The highest BCUT2D eigenvalue weighted by atomic mass is 16.5. The summed E-state index contributed by atoms with van der Waals surface area (Å²) >= 11 is 0. The van der Waals surface area contributed by atoms with Crippen LogP contribution < -0.4 is 5.73 Å². The van der Waals surface area contributed by atoms with E-state index in [2.05, 4.69) is 6.92 Å². The van der Waals surface area contributed by atoms with E-state index in [0.29, 0.717) is 0 Å². The molecule has 2 nitrogen and oxygen atoms in total. The van der Waals surface area contributed by atoms with Crippen LogP contribution in [0.2, 0.25) is 0 Å². The molecule has 0 aliphatic carbocycles. The van der Waals surface area contributed by atoms with Crippen molar-refractivity contribution in [2.24, 2.45) is 5.73 Å². The van der Waals surface area contributed by atoms with Crippen molar-refractivity contribution in [1.29, 1.82) is 0 Å². The van der Waals surface area contributed by atoms with Crippen molar-refractivity contribution < 1.29 is 4.74 Å². The number of ether oxygens (including phenoxy) is 1. The van der Waals surface area contributed by atoms with Gasteiger partial charge in [0.05, 0.1) is 0 Å². The number of hydrogen-bond acceptors (Lipinski definition) is 2. The third-order valence-corrected chi connectivity index (χ3v) is 2.89. The fourth-order valence-corrected chi connectivity index (χ4v) is 1.79. The molecule has 0 bridgehead atoms. The third-order valence-electron chi connectivity index (χ3n) is 2.89. The van der Waals surface area contributed by atoms with Gasteiger partial charge >= 0.3 is 0 Å². The van der Waals surface area contributed by atoms with Gasteiger partial charge in [0.1, 0.15) is 0 Å². The third kappa shape index (κ3) is 13.9. The monoisotopic (exact) mass is 229 g/mol. The summed E-state index contributed by atoms with van der Waals surface area (Å²) in [6.45, 7) is 4.99. The van der Waals surface area contributed by atoms with E-state index in [1.54, 1.807) is 0 Å². The molecule has 98 valence electrons. The first-order valence-corrected chi connectivity index (χ1v) is 7.19. The maximum Gasteiger partial charge on any atom is 0.0466 e. The van der Waals surface area contributed by atoms with E-state index in [9.17, 15) is 0 Å². The number of unbranched alkanes of at least 4 members (excludes halogenated alkanes) is 8. The highest BCUT2D eigenvalue weighted by Crippen LogP contribution is 2.05.